The molecular formula is C14H11N5O3S. The molecule has 1 aromatic rings. The van der Waals surface area contributed by atoms with Crippen molar-refractivity contribution in [1.29, 1.82) is 0 Å². The molecule has 2 N–H and O–H groups in total. The summed E-state index contributed by atoms with van der Waals surface area (Å²) < 4.78 is 0. The number of hydrazine groups is 1. The van der Waals surface area contributed by atoms with Crippen LogP contribution in [0, 0.1) is 12.8 Å². The number of fused-ring (bicyclic) bond motifs is 1. The van der Waals surface area contributed by atoms with Gasteiger partial charge in [-0.15, -0.1) is 21.6 Å². The number of aromatic nitrogens is 1. The van der Waals surface area contributed by atoms with E-state index in [4.69, 9.17) is 0 Å². The maximum absolute atomic E-state index is 12.1. The van der Waals surface area contributed by atoms with E-state index < -0.39 is 17.7 Å². The Balaban J connectivity index is 1.81. The number of carbonyl (C=O) groups is 3. The Kier molecular flexibility index (Phi) is 3.94. The molecule has 0 bridgehead atoms. The smallest absolute Gasteiger partial charge is 0.293 e. The van der Waals surface area contributed by atoms with Gasteiger partial charge in [0.05, 0.1) is 10.9 Å². The minimum absolute atomic E-state index is 0.0845. The second kappa shape index (κ2) is 6.05. The third kappa shape index (κ3) is 2.99. The van der Waals surface area contributed by atoms with Crippen molar-refractivity contribution in [2.45, 2.75) is 6.92 Å². The molecular weight excluding hydrogens is 318 g/mol. The molecule has 9 heteroatoms. The largest absolute Gasteiger partial charge is 0.314 e. The number of hydrogen-bond acceptors (Lipinski definition) is 6. The minimum atomic E-state index is -0.745. The molecule has 0 spiro atoms. The normalized spacial score (nSPS) is 19.5. The molecule has 0 aromatic carbocycles. The number of rotatable bonds is 2. The van der Waals surface area contributed by atoms with Gasteiger partial charge in [-0.2, -0.15) is 0 Å². The fourth-order valence-corrected chi connectivity index (χ4v) is 2.70. The molecule has 2 aliphatic rings. The van der Waals surface area contributed by atoms with Crippen LogP contribution in [0.4, 0.5) is 0 Å². The Morgan fingerprint density at radius 2 is 2.00 bits per heavy atom. The molecule has 3 amide bonds. The van der Waals surface area contributed by atoms with E-state index in [1.165, 1.54) is 11.3 Å². The van der Waals surface area contributed by atoms with E-state index in [1.54, 1.807) is 36.6 Å². The second-order valence-electron chi connectivity index (χ2n) is 4.73. The van der Waals surface area contributed by atoms with Gasteiger partial charge in [0.2, 0.25) is 5.91 Å². The van der Waals surface area contributed by atoms with Gasteiger partial charge in [0.15, 0.2) is 0 Å². The number of amides is 3. The number of thiazole rings is 1. The average Bonchev–Trinajstić information content (AvgIpc) is 2.99. The Morgan fingerprint density at radius 3 is 2.74 bits per heavy atom. The fourth-order valence-electron chi connectivity index (χ4n) is 2.11. The molecule has 2 heterocycles. The number of allylic oxidation sites excluding steroid dienone is 3. The van der Waals surface area contributed by atoms with E-state index in [0.717, 1.165) is 5.01 Å². The van der Waals surface area contributed by atoms with Crippen LogP contribution in [0.2, 0.25) is 0 Å². The summed E-state index contributed by atoms with van der Waals surface area (Å²) in [7, 11) is 0. The zero-order valence-corrected chi connectivity index (χ0v) is 12.8. The zero-order valence-electron chi connectivity index (χ0n) is 11.9. The number of nitrogens with one attached hydrogen (secondary N) is 2. The van der Waals surface area contributed by atoms with Crippen molar-refractivity contribution < 1.29 is 14.4 Å². The first-order chi connectivity index (χ1) is 11.1. The Bertz CT molecular complexity index is 818. The molecule has 1 aromatic heterocycles. The van der Waals surface area contributed by atoms with Crippen molar-refractivity contribution in [3.8, 4) is 0 Å². The summed E-state index contributed by atoms with van der Waals surface area (Å²) in [5, 5.41) is 9.08. The number of hydrogen-bond donors (Lipinski definition) is 2. The van der Waals surface area contributed by atoms with E-state index >= 15 is 0 Å². The van der Waals surface area contributed by atoms with Crippen LogP contribution in [0.25, 0.3) is 0 Å². The first-order valence-electron chi connectivity index (χ1n) is 6.63. The van der Waals surface area contributed by atoms with Crippen molar-refractivity contribution in [2.24, 2.45) is 16.1 Å². The first-order valence-corrected chi connectivity index (χ1v) is 7.51. The quantitative estimate of drug-likeness (QED) is 0.792. The van der Waals surface area contributed by atoms with Gasteiger partial charge in [-0.05, 0) is 12.5 Å². The highest BCUT2D eigenvalue weighted by atomic mass is 32.1. The zero-order chi connectivity index (χ0) is 16.4. The maximum atomic E-state index is 12.1. The Labute approximate surface area is 134 Å². The van der Waals surface area contributed by atoms with E-state index in [9.17, 15) is 14.4 Å². The molecule has 3 rings (SSSR count). The van der Waals surface area contributed by atoms with Crippen molar-refractivity contribution in [2.75, 3.05) is 0 Å². The molecule has 0 radical (unpaired) electrons. The maximum Gasteiger partial charge on any atom is 0.314 e. The minimum Gasteiger partial charge on any atom is -0.293 e. The summed E-state index contributed by atoms with van der Waals surface area (Å²) in [6.45, 7) is 1.76. The second-order valence-corrected chi connectivity index (χ2v) is 5.79. The van der Waals surface area contributed by atoms with Crippen molar-refractivity contribution >= 4 is 29.1 Å². The standard InChI is InChI=1S/C14H11N5O3S/c1-7-15-10(6-23-7)13(21)18-19-14(22)11-8-4-2-3-5-9(8)12(20)17-16-11/h2-6,9,16H,1H3,(H,17,20). The van der Waals surface area contributed by atoms with Crippen molar-refractivity contribution in [3.63, 3.8) is 0 Å². The summed E-state index contributed by atoms with van der Waals surface area (Å²) in [6.07, 6.45) is 6.74. The highest BCUT2D eigenvalue weighted by molar-refractivity contribution is 7.09. The van der Waals surface area contributed by atoms with Gasteiger partial charge >= 0.3 is 11.8 Å². The average molecular weight is 329 g/mol. The molecule has 1 atom stereocenters. The van der Waals surface area contributed by atoms with Crippen LogP contribution < -0.4 is 10.9 Å². The summed E-state index contributed by atoms with van der Waals surface area (Å²) in [4.78, 5) is 39.6. The highest BCUT2D eigenvalue weighted by Gasteiger charge is 2.30. The van der Waals surface area contributed by atoms with Gasteiger partial charge in [-0.25, -0.2) is 4.98 Å². The molecule has 8 nitrogen and oxygen atoms in total. The molecule has 0 saturated heterocycles. The highest BCUT2D eigenvalue weighted by Crippen LogP contribution is 2.24. The molecule has 1 aliphatic carbocycles. The topological polar surface area (TPSA) is 113 Å². The number of nitrogens with zero attached hydrogens (tertiary/aromatic N) is 3. The lowest BCUT2D eigenvalue weighted by molar-refractivity contribution is -0.124. The number of azo groups is 1. The summed E-state index contributed by atoms with van der Waals surface area (Å²) >= 11 is 1.31. The van der Waals surface area contributed by atoms with E-state index in [1.807, 2.05) is 0 Å². The lowest BCUT2D eigenvalue weighted by atomic mass is 9.91. The summed E-state index contributed by atoms with van der Waals surface area (Å²) in [5.41, 5.74) is 5.60. The van der Waals surface area contributed by atoms with Gasteiger partial charge in [0.25, 0.3) is 0 Å². The van der Waals surface area contributed by atoms with Crippen LogP contribution in [0.5, 0.6) is 0 Å². The van der Waals surface area contributed by atoms with Crippen LogP contribution in [0.3, 0.4) is 0 Å². The van der Waals surface area contributed by atoms with Crippen LogP contribution >= 0.6 is 11.3 Å². The Hall–Kier alpha value is -2.94. The molecule has 23 heavy (non-hydrogen) atoms. The monoisotopic (exact) mass is 329 g/mol. The van der Waals surface area contributed by atoms with Gasteiger partial charge in [-0.3, -0.25) is 25.2 Å². The lowest BCUT2D eigenvalue weighted by Crippen LogP contribution is -2.47. The summed E-state index contributed by atoms with van der Waals surface area (Å²) in [5.74, 6) is -2.27. The van der Waals surface area contributed by atoms with E-state index in [-0.39, 0.29) is 17.3 Å². The predicted molar refractivity (Wildman–Crippen MR) is 81.1 cm³/mol. The van der Waals surface area contributed by atoms with Crippen LogP contribution in [0.15, 0.2) is 51.2 Å². The number of aryl methyl sites for hydroxylation is 1. The van der Waals surface area contributed by atoms with Gasteiger partial charge < -0.3 is 0 Å². The van der Waals surface area contributed by atoms with Crippen molar-refractivity contribution in [3.05, 3.63) is 51.7 Å². The molecule has 1 aliphatic heterocycles. The van der Waals surface area contributed by atoms with Gasteiger partial charge in [0, 0.05) is 5.38 Å². The summed E-state index contributed by atoms with van der Waals surface area (Å²) in [6, 6.07) is 0. The molecule has 0 fully saturated rings. The van der Waals surface area contributed by atoms with Crippen LogP contribution in [0.1, 0.15) is 15.5 Å². The lowest BCUT2D eigenvalue weighted by Gasteiger charge is -2.25. The van der Waals surface area contributed by atoms with E-state index in [2.05, 4.69) is 26.1 Å². The Morgan fingerprint density at radius 1 is 1.22 bits per heavy atom. The van der Waals surface area contributed by atoms with E-state index in [0.29, 0.717) is 5.57 Å². The first kappa shape index (κ1) is 15.0. The molecule has 1 unspecified atom stereocenters. The van der Waals surface area contributed by atoms with Crippen LogP contribution in [-0.4, -0.2) is 22.7 Å². The fraction of sp³-hybridized carbons (Fsp3) is 0.143. The third-order valence-corrected chi connectivity index (χ3v) is 3.96. The predicted octanol–water partition coefficient (Wildman–Crippen LogP) is 1.20. The SMILES string of the molecule is Cc1nc(C(=O)N=NC(=O)C2=C3C=CC=CC3C(=O)NN2)cs1. The number of carbonyl (C=O) groups excluding carboxylic acids is 3. The van der Waals surface area contributed by atoms with Gasteiger partial charge in [-0.1, -0.05) is 24.3 Å². The van der Waals surface area contributed by atoms with Crippen molar-refractivity contribution in [1.82, 2.24) is 15.8 Å². The molecule has 116 valence electrons. The van der Waals surface area contributed by atoms with Crippen LogP contribution in [-0.2, 0) is 9.59 Å². The van der Waals surface area contributed by atoms with Gasteiger partial charge in [0.1, 0.15) is 11.4 Å². The third-order valence-electron chi connectivity index (χ3n) is 3.19. The molecule has 0 saturated carbocycles.